The van der Waals surface area contributed by atoms with E-state index < -0.39 is 5.97 Å². The number of nitriles is 1. The summed E-state index contributed by atoms with van der Waals surface area (Å²) >= 11 is 0. The third-order valence-electron chi connectivity index (χ3n) is 2.28. The number of ether oxygens (including phenoxy) is 1. The number of carbonyl (C=O) groups excluding carboxylic acids is 1. The van der Waals surface area contributed by atoms with Crippen molar-refractivity contribution < 1.29 is 9.53 Å². The molecule has 92 valence electrons. The molecule has 2 rings (SSSR count). The van der Waals surface area contributed by atoms with Crippen LogP contribution < -0.4 is 4.74 Å². The van der Waals surface area contributed by atoms with Gasteiger partial charge in [0.15, 0.2) is 0 Å². The Morgan fingerprint density at radius 2 is 1.79 bits per heavy atom. The second kappa shape index (κ2) is 6.12. The maximum Gasteiger partial charge on any atom is 0.354 e. The maximum atomic E-state index is 11.5. The first kappa shape index (κ1) is 12.5. The van der Waals surface area contributed by atoms with Gasteiger partial charge < -0.3 is 4.74 Å². The summed E-state index contributed by atoms with van der Waals surface area (Å²) in [6, 6.07) is 17.4. The van der Waals surface area contributed by atoms with Gasteiger partial charge in [-0.1, -0.05) is 18.2 Å². The molecule has 0 N–H and O–H groups in total. The highest BCUT2D eigenvalue weighted by molar-refractivity contribution is 6.24. The summed E-state index contributed by atoms with van der Waals surface area (Å²) in [4.78, 5) is 15.5. The first-order valence-electron chi connectivity index (χ1n) is 5.59. The largest absolute Gasteiger partial charge is 0.422 e. The van der Waals surface area contributed by atoms with Crippen LogP contribution in [0.15, 0.2) is 59.6 Å². The Labute approximate surface area is 110 Å². The zero-order valence-electron chi connectivity index (χ0n) is 9.98. The van der Waals surface area contributed by atoms with Crippen molar-refractivity contribution in [1.29, 1.82) is 5.26 Å². The van der Waals surface area contributed by atoms with Crippen LogP contribution in [0, 0.1) is 11.3 Å². The van der Waals surface area contributed by atoms with Gasteiger partial charge in [0.2, 0.25) is 0 Å². The number of benzene rings is 2. The smallest absolute Gasteiger partial charge is 0.354 e. The van der Waals surface area contributed by atoms with Gasteiger partial charge >= 0.3 is 5.97 Å². The fourth-order valence-electron chi connectivity index (χ4n) is 1.38. The van der Waals surface area contributed by atoms with Gasteiger partial charge in [-0.3, -0.25) is 0 Å². The van der Waals surface area contributed by atoms with Gasteiger partial charge in [-0.25, -0.2) is 9.79 Å². The van der Waals surface area contributed by atoms with Crippen molar-refractivity contribution in [1.82, 2.24) is 0 Å². The Morgan fingerprint density at radius 3 is 2.42 bits per heavy atom. The van der Waals surface area contributed by atoms with E-state index in [0.717, 1.165) is 6.21 Å². The maximum absolute atomic E-state index is 11.5. The van der Waals surface area contributed by atoms with Crippen molar-refractivity contribution in [2.75, 3.05) is 0 Å². The van der Waals surface area contributed by atoms with Crippen LogP contribution in [0.25, 0.3) is 0 Å². The lowest BCUT2D eigenvalue weighted by Gasteiger charge is -1.99. The summed E-state index contributed by atoms with van der Waals surface area (Å²) in [5.74, 6) is -0.0747. The van der Waals surface area contributed by atoms with Gasteiger partial charge in [0.05, 0.1) is 17.3 Å². The highest BCUT2D eigenvalue weighted by Gasteiger charge is 2.00. The average molecular weight is 250 g/mol. The molecule has 0 aliphatic rings. The molecule has 0 aliphatic heterocycles. The highest BCUT2D eigenvalue weighted by Crippen LogP contribution is 2.12. The lowest BCUT2D eigenvalue weighted by atomic mass is 10.2. The quantitative estimate of drug-likeness (QED) is 0.478. The van der Waals surface area contributed by atoms with Crippen molar-refractivity contribution in [2.24, 2.45) is 4.99 Å². The predicted octanol–water partition coefficient (Wildman–Crippen LogP) is 2.87. The molecule has 0 saturated carbocycles. The van der Waals surface area contributed by atoms with E-state index in [0.29, 0.717) is 17.0 Å². The van der Waals surface area contributed by atoms with Gasteiger partial charge in [-0.05, 0) is 36.4 Å². The van der Waals surface area contributed by atoms with Crippen LogP contribution in [0.1, 0.15) is 5.56 Å². The van der Waals surface area contributed by atoms with E-state index in [2.05, 4.69) is 4.99 Å². The van der Waals surface area contributed by atoms with Gasteiger partial charge in [0, 0.05) is 0 Å². The van der Waals surface area contributed by atoms with Crippen LogP contribution in [-0.2, 0) is 4.79 Å². The SMILES string of the molecule is N#Cc1ccc(N=CC(=O)Oc2ccccc2)cc1. The molecule has 0 aromatic heterocycles. The molecular weight excluding hydrogens is 240 g/mol. The number of esters is 1. The molecule has 0 radical (unpaired) electrons. The molecule has 0 spiro atoms. The second-order valence-electron chi connectivity index (χ2n) is 3.65. The van der Waals surface area contributed by atoms with Crippen LogP contribution in [-0.4, -0.2) is 12.2 Å². The third-order valence-corrected chi connectivity index (χ3v) is 2.28. The van der Waals surface area contributed by atoms with Crippen LogP contribution in [0.5, 0.6) is 5.75 Å². The molecule has 0 atom stereocenters. The van der Waals surface area contributed by atoms with Crippen LogP contribution in [0.3, 0.4) is 0 Å². The molecule has 0 fully saturated rings. The number of nitrogens with zero attached hydrogens (tertiary/aromatic N) is 2. The fourth-order valence-corrected chi connectivity index (χ4v) is 1.38. The zero-order chi connectivity index (χ0) is 13.5. The summed E-state index contributed by atoms with van der Waals surface area (Å²) in [5, 5.41) is 8.65. The second-order valence-corrected chi connectivity index (χ2v) is 3.65. The van der Waals surface area contributed by atoms with Gasteiger partial charge in [-0.15, -0.1) is 0 Å². The number of carbonyl (C=O) groups is 1. The first-order chi connectivity index (χ1) is 9.28. The molecule has 4 nitrogen and oxygen atoms in total. The van der Waals surface area contributed by atoms with Gasteiger partial charge in [0.25, 0.3) is 0 Å². The number of para-hydroxylation sites is 1. The fraction of sp³-hybridized carbons (Fsp3) is 0. The van der Waals surface area contributed by atoms with Crippen molar-refractivity contribution in [3.63, 3.8) is 0 Å². The van der Waals surface area contributed by atoms with E-state index in [1.54, 1.807) is 48.5 Å². The summed E-state index contributed by atoms with van der Waals surface area (Å²) in [6.07, 6.45) is 1.11. The van der Waals surface area contributed by atoms with E-state index >= 15 is 0 Å². The molecule has 0 saturated heterocycles. The van der Waals surface area contributed by atoms with E-state index in [9.17, 15) is 4.79 Å². The molecule has 0 heterocycles. The van der Waals surface area contributed by atoms with Crippen molar-refractivity contribution in [3.8, 4) is 11.8 Å². The Bertz CT molecular complexity index is 625. The topological polar surface area (TPSA) is 62.5 Å². The predicted molar refractivity (Wildman–Crippen MR) is 71.4 cm³/mol. The summed E-state index contributed by atoms with van der Waals surface area (Å²) in [6.45, 7) is 0. The third kappa shape index (κ3) is 3.79. The lowest BCUT2D eigenvalue weighted by Crippen LogP contribution is -2.08. The Balaban J connectivity index is 1.98. The molecule has 19 heavy (non-hydrogen) atoms. The molecule has 0 unspecified atom stereocenters. The van der Waals surface area contributed by atoms with Crippen LogP contribution in [0.4, 0.5) is 5.69 Å². The first-order valence-corrected chi connectivity index (χ1v) is 5.59. The summed E-state index contributed by atoms with van der Waals surface area (Å²) in [5.41, 5.74) is 1.13. The molecule has 0 aliphatic carbocycles. The zero-order valence-corrected chi connectivity index (χ0v) is 9.98. The molecule has 2 aromatic carbocycles. The molecule has 2 aromatic rings. The van der Waals surface area contributed by atoms with E-state index in [1.165, 1.54) is 0 Å². The average Bonchev–Trinajstić information content (AvgIpc) is 2.47. The van der Waals surface area contributed by atoms with Crippen molar-refractivity contribution in [2.45, 2.75) is 0 Å². The lowest BCUT2D eigenvalue weighted by molar-refractivity contribution is -0.126. The summed E-state index contributed by atoms with van der Waals surface area (Å²) < 4.78 is 5.04. The van der Waals surface area contributed by atoms with Crippen molar-refractivity contribution in [3.05, 3.63) is 60.2 Å². The minimum atomic E-state index is -0.546. The molecular formula is C15H10N2O2. The van der Waals surface area contributed by atoms with E-state index in [1.807, 2.05) is 12.1 Å². The summed E-state index contributed by atoms with van der Waals surface area (Å²) in [7, 11) is 0. The Hall–Kier alpha value is -2.93. The number of hydrogen-bond acceptors (Lipinski definition) is 4. The Morgan fingerprint density at radius 1 is 1.11 bits per heavy atom. The standard InChI is InChI=1S/C15H10N2O2/c16-10-12-6-8-13(9-7-12)17-11-15(18)19-14-4-2-1-3-5-14/h1-9,11H. The van der Waals surface area contributed by atoms with Crippen molar-refractivity contribution >= 4 is 17.9 Å². The number of rotatable bonds is 3. The van der Waals surface area contributed by atoms with E-state index in [-0.39, 0.29) is 0 Å². The van der Waals surface area contributed by atoms with Gasteiger partial charge in [0.1, 0.15) is 12.0 Å². The number of aliphatic imine (C=N–C) groups is 1. The Kier molecular flexibility index (Phi) is 4.04. The van der Waals surface area contributed by atoms with Crippen LogP contribution in [0.2, 0.25) is 0 Å². The van der Waals surface area contributed by atoms with E-state index in [4.69, 9.17) is 10.00 Å². The minimum absolute atomic E-state index is 0.471. The number of hydrogen-bond donors (Lipinski definition) is 0. The minimum Gasteiger partial charge on any atom is -0.422 e. The highest BCUT2D eigenvalue weighted by atomic mass is 16.5. The van der Waals surface area contributed by atoms with Gasteiger partial charge in [-0.2, -0.15) is 5.26 Å². The molecule has 4 heteroatoms. The normalized spacial score (nSPS) is 10.1. The van der Waals surface area contributed by atoms with Crippen LogP contribution >= 0.6 is 0 Å². The molecule has 0 bridgehead atoms. The molecule has 0 amide bonds. The monoisotopic (exact) mass is 250 g/mol.